The van der Waals surface area contributed by atoms with Gasteiger partial charge in [-0.2, -0.15) is 0 Å². The molecule has 0 aliphatic heterocycles. The van der Waals surface area contributed by atoms with Crippen molar-refractivity contribution in [2.45, 2.75) is 13.3 Å². The average molecular weight is 302 g/mol. The van der Waals surface area contributed by atoms with Crippen LogP contribution in [0.2, 0.25) is 0 Å². The van der Waals surface area contributed by atoms with Crippen molar-refractivity contribution in [3.8, 4) is 0 Å². The number of halogens is 1. The summed E-state index contributed by atoms with van der Waals surface area (Å²) >= 11 is 3.49. The van der Waals surface area contributed by atoms with Crippen molar-refractivity contribution in [2.75, 3.05) is 0 Å². The Morgan fingerprint density at radius 3 is 2.61 bits per heavy atom. The first-order valence-electron chi connectivity index (χ1n) is 5.94. The Morgan fingerprint density at radius 2 is 1.83 bits per heavy atom. The van der Waals surface area contributed by atoms with Gasteiger partial charge in [0, 0.05) is 21.7 Å². The van der Waals surface area contributed by atoms with Crippen molar-refractivity contribution in [1.29, 1.82) is 0 Å². The second-order valence-corrected chi connectivity index (χ2v) is 5.18. The largest absolute Gasteiger partial charge is 0.280 e. The summed E-state index contributed by atoms with van der Waals surface area (Å²) in [6.07, 6.45) is 0.504. The minimum absolute atomic E-state index is 0.128. The first kappa shape index (κ1) is 11.5. The van der Waals surface area contributed by atoms with E-state index in [1.54, 1.807) is 0 Å². The number of nitrogens with zero attached hydrogens (tertiary/aromatic N) is 1. The maximum Gasteiger partial charge on any atom is 0.231 e. The monoisotopic (exact) mass is 301 g/mol. The highest BCUT2D eigenvalue weighted by atomic mass is 79.9. The fourth-order valence-corrected chi connectivity index (χ4v) is 2.73. The maximum atomic E-state index is 12.1. The van der Waals surface area contributed by atoms with Crippen LogP contribution in [0.3, 0.4) is 0 Å². The van der Waals surface area contributed by atoms with E-state index in [0.29, 0.717) is 6.42 Å². The quantitative estimate of drug-likeness (QED) is 0.643. The van der Waals surface area contributed by atoms with E-state index in [2.05, 4.69) is 28.1 Å². The third-order valence-corrected chi connectivity index (χ3v) is 3.68. The van der Waals surface area contributed by atoms with Gasteiger partial charge in [0.15, 0.2) is 0 Å². The molecule has 90 valence electrons. The van der Waals surface area contributed by atoms with Crippen LogP contribution in [0.1, 0.15) is 18.1 Å². The Labute approximate surface area is 113 Å². The van der Waals surface area contributed by atoms with Crippen LogP contribution in [0.5, 0.6) is 0 Å². The SMILES string of the molecule is CCC(=O)n1c2ccccc2c2cc(Br)ccc21. The highest BCUT2D eigenvalue weighted by Crippen LogP contribution is 2.31. The molecule has 1 heterocycles. The predicted octanol–water partition coefficient (Wildman–Crippen LogP) is 4.61. The summed E-state index contributed by atoms with van der Waals surface area (Å²) in [6, 6.07) is 14.1. The number of carbonyl (C=O) groups excluding carboxylic acids is 1. The van der Waals surface area contributed by atoms with Gasteiger partial charge in [0.1, 0.15) is 0 Å². The molecule has 0 saturated heterocycles. The number of para-hydroxylation sites is 1. The Hall–Kier alpha value is -1.61. The molecule has 0 fully saturated rings. The Bertz CT molecular complexity index is 758. The lowest BCUT2D eigenvalue weighted by Gasteiger charge is -2.03. The summed E-state index contributed by atoms with van der Waals surface area (Å²) in [6.45, 7) is 1.89. The molecule has 0 aliphatic carbocycles. The summed E-state index contributed by atoms with van der Waals surface area (Å²) in [4.78, 5) is 12.1. The zero-order valence-electron chi connectivity index (χ0n) is 9.98. The molecule has 3 aromatic rings. The molecule has 0 atom stereocenters. The van der Waals surface area contributed by atoms with Crippen LogP contribution in [0.4, 0.5) is 0 Å². The minimum atomic E-state index is 0.128. The standard InChI is InChI=1S/C15H12BrNO/c1-2-15(18)17-13-6-4-3-5-11(13)12-9-10(16)7-8-14(12)17/h3-9H,2H2,1H3. The molecule has 1 aromatic heterocycles. The molecule has 0 aliphatic rings. The van der Waals surface area contributed by atoms with E-state index in [1.807, 2.05) is 41.8 Å². The number of hydrogen-bond donors (Lipinski definition) is 0. The third-order valence-electron chi connectivity index (χ3n) is 3.19. The van der Waals surface area contributed by atoms with Crippen molar-refractivity contribution >= 4 is 43.6 Å². The molecule has 0 bridgehead atoms. The summed E-state index contributed by atoms with van der Waals surface area (Å²) in [5.41, 5.74) is 1.96. The van der Waals surface area contributed by atoms with E-state index in [1.165, 1.54) is 0 Å². The molecule has 0 saturated carbocycles. The second-order valence-electron chi connectivity index (χ2n) is 4.26. The summed E-state index contributed by atoms with van der Waals surface area (Å²) in [5, 5.41) is 2.23. The Kier molecular flexibility index (Phi) is 2.71. The second kappa shape index (κ2) is 4.25. The number of carbonyl (C=O) groups is 1. The van der Waals surface area contributed by atoms with Crippen molar-refractivity contribution in [1.82, 2.24) is 4.57 Å². The molecule has 18 heavy (non-hydrogen) atoms. The van der Waals surface area contributed by atoms with Gasteiger partial charge in [-0.15, -0.1) is 0 Å². The van der Waals surface area contributed by atoms with Crippen molar-refractivity contribution in [3.63, 3.8) is 0 Å². The topological polar surface area (TPSA) is 22.0 Å². The van der Waals surface area contributed by atoms with E-state index in [9.17, 15) is 4.79 Å². The molecular weight excluding hydrogens is 290 g/mol. The smallest absolute Gasteiger partial charge is 0.231 e. The van der Waals surface area contributed by atoms with Gasteiger partial charge in [0.05, 0.1) is 11.0 Å². The van der Waals surface area contributed by atoms with Crippen LogP contribution in [-0.2, 0) is 0 Å². The summed E-state index contributed by atoms with van der Waals surface area (Å²) < 4.78 is 2.85. The van der Waals surface area contributed by atoms with Crippen LogP contribution in [0, 0.1) is 0 Å². The summed E-state index contributed by atoms with van der Waals surface area (Å²) in [5.74, 6) is 0.128. The average Bonchev–Trinajstić information content (AvgIpc) is 2.72. The lowest BCUT2D eigenvalue weighted by Crippen LogP contribution is -2.07. The van der Waals surface area contributed by atoms with Gasteiger partial charge in [-0.1, -0.05) is 41.1 Å². The number of benzene rings is 2. The van der Waals surface area contributed by atoms with Crippen LogP contribution < -0.4 is 0 Å². The normalized spacial score (nSPS) is 11.2. The van der Waals surface area contributed by atoms with Gasteiger partial charge < -0.3 is 0 Å². The summed E-state index contributed by atoms with van der Waals surface area (Å²) in [7, 11) is 0. The molecule has 0 amide bonds. The zero-order chi connectivity index (χ0) is 12.7. The number of aromatic nitrogens is 1. The van der Waals surface area contributed by atoms with Crippen LogP contribution >= 0.6 is 15.9 Å². The maximum absolute atomic E-state index is 12.1. The fraction of sp³-hybridized carbons (Fsp3) is 0.133. The highest BCUT2D eigenvalue weighted by Gasteiger charge is 2.14. The van der Waals surface area contributed by atoms with Crippen molar-refractivity contribution in [2.24, 2.45) is 0 Å². The lowest BCUT2D eigenvalue weighted by atomic mass is 10.2. The van der Waals surface area contributed by atoms with Crippen molar-refractivity contribution < 1.29 is 4.79 Å². The van der Waals surface area contributed by atoms with E-state index in [4.69, 9.17) is 0 Å². The molecule has 3 rings (SSSR count). The van der Waals surface area contributed by atoms with Gasteiger partial charge in [-0.05, 0) is 24.3 Å². The van der Waals surface area contributed by atoms with Crippen LogP contribution in [-0.4, -0.2) is 10.5 Å². The van der Waals surface area contributed by atoms with Crippen LogP contribution in [0.15, 0.2) is 46.9 Å². The lowest BCUT2D eigenvalue weighted by molar-refractivity contribution is 0.0919. The molecule has 0 N–H and O–H groups in total. The predicted molar refractivity (Wildman–Crippen MR) is 78.1 cm³/mol. The Balaban J connectivity index is 2.54. The van der Waals surface area contributed by atoms with Crippen molar-refractivity contribution in [3.05, 3.63) is 46.9 Å². The zero-order valence-corrected chi connectivity index (χ0v) is 11.6. The van der Waals surface area contributed by atoms with Gasteiger partial charge in [-0.3, -0.25) is 9.36 Å². The Morgan fingerprint density at radius 1 is 1.11 bits per heavy atom. The molecular formula is C15H12BrNO. The number of hydrogen-bond acceptors (Lipinski definition) is 1. The van der Waals surface area contributed by atoms with Gasteiger partial charge in [0.25, 0.3) is 0 Å². The first-order chi connectivity index (χ1) is 8.72. The van der Waals surface area contributed by atoms with E-state index < -0.39 is 0 Å². The van der Waals surface area contributed by atoms with E-state index >= 15 is 0 Å². The number of fused-ring (bicyclic) bond motifs is 3. The molecule has 2 aromatic carbocycles. The minimum Gasteiger partial charge on any atom is -0.280 e. The first-order valence-corrected chi connectivity index (χ1v) is 6.73. The highest BCUT2D eigenvalue weighted by molar-refractivity contribution is 9.10. The third kappa shape index (κ3) is 1.58. The van der Waals surface area contributed by atoms with Crippen LogP contribution in [0.25, 0.3) is 21.8 Å². The molecule has 0 radical (unpaired) electrons. The van der Waals surface area contributed by atoms with Gasteiger partial charge >= 0.3 is 0 Å². The van der Waals surface area contributed by atoms with E-state index in [0.717, 1.165) is 26.3 Å². The molecule has 0 spiro atoms. The van der Waals surface area contributed by atoms with Gasteiger partial charge in [-0.25, -0.2) is 0 Å². The number of rotatable bonds is 1. The van der Waals surface area contributed by atoms with E-state index in [-0.39, 0.29) is 5.91 Å². The molecule has 2 nitrogen and oxygen atoms in total. The molecule has 0 unspecified atom stereocenters. The molecule has 3 heteroatoms. The fourth-order valence-electron chi connectivity index (χ4n) is 2.37. The van der Waals surface area contributed by atoms with Gasteiger partial charge in [0.2, 0.25) is 5.91 Å².